The van der Waals surface area contributed by atoms with Gasteiger partial charge < -0.3 is 4.90 Å². The summed E-state index contributed by atoms with van der Waals surface area (Å²) in [6.45, 7) is 0. The van der Waals surface area contributed by atoms with Crippen LogP contribution in [-0.4, -0.2) is 0 Å². The molecule has 0 amide bonds. The van der Waals surface area contributed by atoms with Gasteiger partial charge in [0.2, 0.25) is 0 Å². The minimum atomic E-state index is 0.0985. The average molecular weight is 740 g/mol. The number of hydrogen-bond acceptors (Lipinski definition) is 1. The van der Waals surface area contributed by atoms with Crippen LogP contribution in [-0.2, 0) is 12.8 Å². The maximum absolute atomic E-state index is 2.48. The highest BCUT2D eigenvalue weighted by Crippen LogP contribution is 2.45. The summed E-state index contributed by atoms with van der Waals surface area (Å²) in [6, 6.07) is 80.6. The predicted octanol–water partition coefficient (Wildman–Crippen LogP) is 14.8. The van der Waals surface area contributed by atoms with Gasteiger partial charge in [-0.2, -0.15) is 0 Å². The summed E-state index contributed by atoms with van der Waals surface area (Å²) in [5.74, 6) is 0.0985. The first-order valence-electron chi connectivity index (χ1n) is 20.4. The Morgan fingerprint density at radius 1 is 0.276 bits per heavy atom. The summed E-state index contributed by atoms with van der Waals surface area (Å²) in [5, 5.41) is 0. The highest BCUT2D eigenvalue weighted by molar-refractivity contribution is 5.83. The van der Waals surface area contributed by atoms with E-state index >= 15 is 0 Å². The maximum Gasteiger partial charge on any atom is 0.0462 e. The number of benzene rings is 9. The van der Waals surface area contributed by atoms with Crippen molar-refractivity contribution >= 4 is 17.1 Å². The summed E-state index contributed by atoms with van der Waals surface area (Å²) < 4.78 is 0. The molecule has 0 radical (unpaired) electrons. The monoisotopic (exact) mass is 739 g/mol. The lowest BCUT2D eigenvalue weighted by atomic mass is 9.82. The Labute approximate surface area is 341 Å². The van der Waals surface area contributed by atoms with E-state index in [2.05, 4.69) is 223 Å². The quantitative estimate of drug-likeness (QED) is 0.140. The fourth-order valence-corrected chi connectivity index (χ4v) is 9.37. The minimum absolute atomic E-state index is 0.0985. The van der Waals surface area contributed by atoms with Gasteiger partial charge in [-0.05, 0) is 145 Å². The molecule has 0 aromatic heterocycles. The highest BCUT2D eigenvalue weighted by atomic mass is 15.1. The van der Waals surface area contributed by atoms with Gasteiger partial charge in [0.25, 0.3) is 0 Å². The Hall–Kier alpha value is -7.22. The molecular formula is C57H41N. The Kier molecular flexibility index (Phi) is 8.44. The van der Waals surface area contributed by atoms with E-state index in [0.29, 0.717) is 0 Å². The van der Waals surface area contributed by atoms with Crippen molar-refractivity contribution in [3.63, 3.8) is 0 Å². The van der Waals surface area contributed by atoms with Crippen LogP contribution in [0, 0.1) is 0 Å². The van der Waals surface area contributed by atoms with Crippen LogP contribution in [0.4, 0.5) is 17.1 Å². The van der Waals surface area contributed by atoms with E-state index in [-0.39, 0.29) is 5.92 Å². The van der Waals surface area contributed by atoms with Gasteiger partial charge in [0.1, 0.15) is 0 Å². The van der Waals surface area contributed by atoms with Crippen molar-refractivity contribution in [3.8, 4) is 44.5 Å². The minimum Gasteiger partial charge on any atom is -0.311 e. The number of anilines is 3. The smallest absolute Gasteiger partial charge is 0.0462 e. The standard InChI is InChI=1S/C57H41N/c1-4-12-39(13-5-1)40-20-22-42(23-21-40)57(47-26-24-45-35-44-14-10-11-19-53(44)55(45)37-47)48-27-25-46-36-49-34-43(30-33-54(49)56(46)38-48)41-28-31-52(32-29-41)58(50-15-6-2-7-16-50)51-17-8-3-9-18-51/h1-34,37-38,57H,35-36H2. The molecule has 0 bridgehead atoms. The lowest BCUT2D eigenvalue weighted by Crippen LogP contribution is -2.09. The molecule has 1 heteroatoms. The fourth-order valence-electron chi connectivity index (χ4n) is 9.37. The van der Waals surface area contributed by atoms with E-state index in [9.17, 15) is 0 Å². The largest absolute Gasteiger partial charge is 0.311 e. The van der Waals surface area contributed by atoms with E-state index < -0.39 is 0 Å². The van der Waals surface area contributed by atoms with Gasteiger partial charge in [0.05, 0.1) is 0 Å². The lowest BCUT2D eigenvalue weighted by molar-refractivity contribution is 0.976. The summed E-state index contributed by atoms with van der Waals surface area (Å²) in [6.07, 6.45) is 1.95. The summed E-state index contributed by atoms with van der Waals surface area (Å²) in [4.78, 5) is 2.31. The second-order valence-electron chi connectivity index (χ2n) is 15.7. The molecule has 9 aromatic rings. The lowest BCUT2D eigenvalue weighted by Gasteiger charge is -2.25. The van der Waals surface area contributed by atoms with Gasteiger partial charge in [0, 0.05) is 23.0 Å². The third-order valence-corrected chi connectivity index (χ3v) is 12.2. The van der Waals surface area contributed by atoms with Crippen LogP contribution < -0.4 is 4.90 Å². The highest BCUT2D eigenvalue weighted by Gasteiger charge is 2.26. The molecule has 0 heterocycles. The summed E-state index contributed by atoms with van der Waals surface area (Å²) in [5.41, 5.74) is 23.4. The third kappa shape index (κ3) is 6.13. The van der Waals surface area contributed by atoms with Crippen molar-refractivity contribution in [1.29, 1.82) is 0 Å². The maximum atomic E-state index is 2.48. The van der Waals surface area contributed by atoms with Crippen molar-refractivity contribution in [2.45, 2.75) is 18.8 Å². The molecule has 0 spiro atoms. The second-order valence-corrected chi connectivity index (χ2v) is 15.7. The molecule has 0 aliphatic heterocycles. The van der Waals surface area contributed by atoms with Gasteiger partial charge >= 0.3 is 0 Å². The SMILES string of the molecule is c1ccc(-c2ccc(C(c3ccc4c(c3)-c3ccccc3C4)c3ccc4c(c3)-c3ccc(-c5ccc(N(c6ccccc6)c6ccccc6)cc5)cc3C4)cc2)cc1. The first-order valence-corrected chi connectivity index (χ1v) is 20.4. The zero-order chi connectivity index (χ0) is 38.4. The molecule has 11 rings (SSSR count). The molecule has 0 saturated carbocycles. The molecule has 1 unspecified atom stereocenters. The van der Waals surface area contributed by atoms with Gasteiger partial charge in [-0.15, -0.1) is 0 Å². The van der Waals surface area contributed by atoms with Crippen LogP contribution in [0.5, 0.6) is 0 Å². The molecule has 58 heavy (non-hydrogen) atoms. The molecule has 1 nitrogen and oxygen atoms in total. The van der Waals surface area contributed by atoms with Crippen molar-refractivity contribution in [1.82, 2.24) is 0 Å². The molecule has 9 aromatic carbocycles. The van der Waals surface area contributed by atoms with Crippen LogP contribution in [0.1, 0.15) is 44.9 Å². The zero-order valence-corrected chi connectivity index (χ0v) is 32.2. The fraction of sp³-hybridized carbons (Fsp3) is 0.0526. The van der Waals surface area contributed by atoms with Crippen molar-refractivity contribution < 1.29 is 0 Å². The van der Waals surface area contributed by atoms with Gasteiger partial charge in [-0.3, -0.25) is 0 Å². The zero-order valence-electron chi connectivity index (χ0n) is 32.2. The van der Waals surface area contributed by atoms with E-state index in [0.717, 1.165) is 29.9 Å². The molecule has 0 N–H and O–H groups in total. The molecule has 2 aliphatic rings. The number of fused-ring (bicyclic) bond motifs is 6. The number of nitrogens with zero attached hydrogens (tertiary/aromatic N) is 1. The Balaban J connectivity index is 0.939. The summed E-state index contributed by atoms with van der Waals surface area (Å²) >= 11 is 0. The molecule has 0 saturated heterocycles. The van der Waals surface area contributed by atoms with Crippen molar-refractivity contribution in [3.05, 3.63) is 257 Å². The third-order valence-electron chi connectivity index (χ3n) is 12.2. The van der Waals surface area contributed by atoms with Crippen LogP contribution in [0.15, 0.2) is 218 Å². The van der Waals surface area contributed by atoms with Gasteiger partial charge in [-0.1, -0.05) is 170 Å². The van der Waals surface area contributed by atoms with E-state index in [1.54, 1.807) is 0 Å². The van der Waals surface area contributed by atoms with Crippen molar-refractivity contribution in [2.24, 2.45) is 0 Å². The molecule has 274 valence electrons. The Morgan fingerprint density at radius 2 is 0.707 bits per heavy atom. The topological polar surface area (TPSA) is 3.24 Å². The van der Waals surface area contributed by atoms with E-state index in [1.165, 1.54) is 83.5 Å². The molecule has 0 fully saturated rings. The van der Waals surface area contributed by atoms with Crippen LogP contribution >= 0.6 is 0 Å². The average Bonchev–Trinajstić information content (AvgIpc) is 3.85. The Bertz CT molecular complexity index is 2870. The van der Waals surface area contributed by atoms with E-state index in [1.807, 2.05) is 0 Å². The van der Waals surface area contributed by atoms with Gasteiger partial charge in [-0.25, -0.2) is 0 Å². The van der Waals surface area contributed by atoms with E-state index in [4.69, 9.17) is 0 Å². The van der Waals surface area contributed by atoms with Crippen LogP contribution in [0.3, 0.4) is 0 Å². The number of para-hydroxylation sites is 2. The Morgan fingerprint density at radius 3 is 1.34 bits per heavy atom. The van der Waals surface area contributed by atoms with Crippen molar-refractivity contribution in [2.75, 3.05) is 4.90 Å². The van der Waals surface area contributed by atoms with Crippen LogP contribution in [0.2, 0.25) is 0 Å². The van der Waals surface area contributed by atoms with Gasteiger partial charge in [0.15, 0.2) is 0 Å². The molecular weight excluding hydrogens is 699 g/mol. The molecule has 2 aliphatic carbocycles. The molecule has 1 atom stereocenters. The summed E-state index contributed by atoms with van der Waals surface area (Å²) in [7, 11) is 0. The number of rotatable bonds is 8. The predicted molar refractivity (Wildman–Crippen MR) is 242 cm³/mol. The van der Waals surface area contributed by atoms with Crippen LogP contribution in [0.25, 0.3) is 44.5 Å². The first kappa shape index (κ1) is 34.1. The second kappa shape index (κ2) is 14.4. The number of hydrogen-bond donors (Lipinski definition) is 0. The normalized spacial score (nSPS) is 12.6. The first-order chi connectivity index (χ1) is 28.7.